The Morgan fingerprint density at radius 1 is 1.07 bits per heavy atom. The van der Waals surface area contributed by atoms with Crippen LogP contribution in [0.5, 0.6) is 0 Å². The fourth-order valence-corrected chi connectivity index (χ4v) is 6.28. The third kappa shape index (κ3) is 12.8. The molecule has 0 aromatic carbocycles. The molecule has 230 valence electrons. The first-order valence-electron chi connectivity index (χ1n) is 14.4. The van der Waals surface area contributed by atoms with E-state index in [4.69, 9.17) is 23.4 Å². The van der Waals surface area contributed by atoms with Crippen molar-refractivity contribution in [3.05, 3.63) is 24.3 Å². The summed E-state index contributed by atoms with van der Waals surface area (Å²) in [4.78, 5) is 36.6. The number of hydrogen-bond acceptors (Lipinski definition) is 9. The number of ketones is 1. The van der Waals surface area contributed by atoms with Gasteiger partial charge in [-0.25, -0.2) is 0 Å². The molecule has 0 fully saturated rings. The standard InChI is InChI=1S/C30H52O9Si/c1-10-11-12-13-14-15-19-30(39-40(7,8)9)20-18-25(34)28(30)24(33)16-17-26(37-23(3)32)27(21-36-22(2)31)38-29(4,5)35-6/h16-18,20,24,26-28,33H,10-15,19,21H2,1-9H3/b17-16+/t24?,26-,27+,28?,30?/m0/s1. The van der Waals surface area contributed by atoms with Crippen LogP contribution in [-0.2, 0) is 37.8 Å². The molecule has 1 rings (SSSR count). The number of rotatable bonds is 19. The van der Waals surface area contributed by atoms with Gasteiger partial charge in [0.15, 0.2) is 19.9 Å². The smallest absolute Gasteiger partial charge is 0.303 e. The molecule has 40 heavy (non-hydrogen) atoms. The highest BCUT2D eigenvalue weighted by Gasteiger charge is 2.50. The predicted octanol–water partition coefficient (Wildman–Crippen LogP) is 5.26. The summed E-state index contributed by atoms with van der Waals surface area (Å²) in [7, 11) is -0.658. The van der Waals surface area contributed by atoms with Gasteiger partial charge >= 0.3 is 11.9 Å². The number of carbonyl (C=O) groups is 3. The molecule has 5 atom stereocenters. The Morgan fingerprint density at radius 3 is 2.25 bits per heavy atom. The zero-order valence-electron chi connectivity index (χ0n) is 26.0. The average molecular weight is 585 g/mol. The van der Waals surface area contributed by atoms with Crippen molar-refractivity contribution < 1.29 is 42.9 Å². The second kappa shape index (κ2) is 16.6. The van der Waals surface area contributed by atoms with Crippen molar-refractivity contribution in [2.45, 2.75) is 129 Å². The van der Waals surface area contributed by atoms with Crippen LogP contribution in [0.4, 0.5) is 0 Å². The van der Waals surface area contributed by atoms with Gasteiger partial charge in [0.05, 0.1) is 17.6 Å². The van der Waals surface area contributed by atoms with Crippen LogP contribution >= 0.6 is 0 Å². The van der Waals surface area contributed by atoms with Crippen molar-refractivity contribution in [1.82, 2.24) is 0 Å². The van der Waals surface area contributed by atoms with Gasteiger partial charge in [-0.2, -0.15) is 0 Å². The Kier molecular flexibility index (Phi) is 15.0. The van der Waals surface area contributed by atoms with E-state index in [1.54, 1.807) is 13.8 Å². The average Bonchev–Trinajstić information content (AvgIpc) is 3.15. The van der Waals surface area contributed by atoms with Gasteiger partial charge in [-0.3, -0.25) is 14.4 Å². The van der Waals surface area contributed by atoms with E-state index >= 15 is 0 Å². The minimum atomic E-state index is -2.12. The Hall–Kier alpha value is -1.85. The topological polar surface area (TPSA) is 118 Å². The van der Waals surface area contributed by atoms with Crippen LogP contribution in [0.3, 0.4) is 0 Å². The summed E-state index contributed by atoms with van der Waals surface area (Å²) in [5, 5.41) is 11.4. The van der Waals surface area contributed by atoms with Gasteiger partial charge in [0.1, 0.15) is 18.8 Å². The van der Waals surface area contributed by atoms with Crippen LogP contribution in [0.2, 0.25) is 19.6 Å². The molecule has 0 radical (unpaired) electrons. The zero-order valence-corrected chi connectivity index (χ0v) is 27.0. The van der Waals surface area contributed by atoms with Gasteiger partial charge in [0.25, 0.3) is 0 Å². The fraction of sp³-hybridized carbons (Fsp3) is 0.767. The number of methoxy groups -OCH3 is 1. The molecule has 1 aliphatic rings. The first-order chi connectivity index (χ1) is 18.6. The van der Waals surface area contributed by atoms with E-state index in [1.807, 2.05) is 6.08 Å². The summed E-state index contributed by atoms with van der Waals surface area (Å²) >= 11 is 0. The van der Waals surface area contributed by atoms with E-state index in [-0.39, 0.29) is 12.4 Å². The van der Waals surface area contributed by atoms with Crippen molar-refractivity contribution in [3.63, 3.8) is 0 Å². The molecule has 0 saturated carbocycles. The largest absolute Gasteiger partial charge is 0.463 e. The maximum Gasteiger partial charge on any atom is 0.303 e. The number of unbranched alkanes of at least 4 members (excludes halogenated alkanes) is 5. The zero-order chi connectivity index (χ0) is 30.6. The maximum atomic E-state index is 13.1. The van der Waals surface area contributed by atoms with E-state index in [9.17, 15) is 19.5 Å². The summed E-state index contributed by atoms with van der Waals surface area (Å²) < 4.78 is 28.6. The number of allylic oxidation sites excluding steroid dienone is 1. The van der Waals surface area contributed by atoms with Crippen molar-refractivity contribution >= 4 is 26.0 Å². The minimum Gasteiger partial charge on any atom is -0.463 e. The summed E-state index contributed by atoms with van der Waals surface area (Å²) in [5.74, 6) is -3.25. The van der Waals surface area contributed by atoms with E-state index in [0.29, 0.717) is 6.42 Å². The maximum absolute atomic E-state index is 13.1. The molecule has 1 N–H and O–H groups in total. The molecule has 0 heterocycles. The Balaban J connectivity index is 3.27. The number of esters is 2. The molecule has 1 aliphatic carbocycles. The molecule has 0 aliphatic heterocycles. The van der Waals surface area contributed by atoms with E-state index < -0.39 is 55.9 Å². The lowest BCUT2D eigenvalue weighted by Gasteiger charge is -2.40. The van der Waals surface area contributed by atoms with Crippen LogP contribution in [0, 0.1) is 5.92 Å². The number of ether oxygens (including phenoxy) is 4. The highest BCUT2D eigenvalue weighted by molar-refractivity contribution is 6.69. The Labute approximate surface area is 241 Å². The van der Waals surface area contributed by atoms with Crippen LogP contribution in [0.25, 0.3) is 0 Å². The van der Waals surface area contributed by atoms with Gasteiger partial charge in [-0.1, -0.05) is 51.5 Å². The Morgan fingerprint density at radius 2 is 1.70 bits per heavy atom. The lowest BCUT2D eigenvalue weighted by atomic mass is 9.81. The third-order valence-corrected chi connectivity index (χ3v) is 7.66. The molecule has 0 aromatic heterocycles. The fourth-order valence-electron chi connectivity index (χ4n) is 4.84. The molecular weight excluding hydrogens is 532 g/mol. The highest BCUT2D eigenvalue weighted by atomic mass is 28.4. The second-order valence-corrected chi connectivity index (χ2v) is 16.3. The first-order valence-corrected chi connectivity index (χ1v) is 17.8. The van der Waals surface area contributed by atoms with Gasteiger partial charge in [-0.05, 0) is 58.1 Å². The molecule has 3 unspecified atom stereocenters. The summed E-state index contributed by atoms with van der Waals surface area (Å²) in [5.41, 5.74) is -0.918. The van der Waals surface area contributed by atoms with Gasteiger partial charge in [-0.15, -0.1) is 0 Å². The van der Waals surface area contributed by atoms with Crippen molar-refractivity contribution in [1.29, 1.82) is 0 Å². The van der Waals surface area contributed by atoms with E-state index in [2.05, 4.69) is 26.6 Å². The van der Waals surface area contributed by atoms with Crippen molar-refractivity contribution in [2.75, 3.05) is 13.7 Å². The highest BCUT2D eigenvalue weighted by Crippen LogP contribution is 2.40. The predicted molar refractivity (Wildman–Crippen MR) is 156 cm³/mol. The molecule has 9 nitrogen and oxygen atoms in total. The molecule has 0 amide bonds. The van der Waals surface area contributed by atoms with Crippen LogP contribution < -0.4 is 0 Å². The molecule has 0 saturated heterocycles. The van der Waals surface area contributed by atoms with E-state index in [0.717, 1.165) is 19.3 Å². The summed E-state index contributed by atoms with van der Waals surface area (Å²) in [6, 6.07) is 0. The number of carbonyl (C=O) groups excluding carboxylic acids is 3. The number of hydrogen-bond donors (Lipinski definition) is 1. The van der Waals surface area contributed by atoms with Crippen LogP contribution in [-0.4, -0.2) is 74.6 Å². The number of aliphatic hydroxyl groups is 1. The lowest BCUT2D eigenvalue weighted by Crippen LogP contribution is -2.50. The lowest BCUT2D eigenvalue weighted by molar-refractivity contribution is -0.246. The molecule has 0 bridgehead atoms. The van der Waals surface area contributed by atoms with Gasteiger partial charge in [0, 0.05) is 21.0 Å². The monoisotopic (exact) mass is 584 g/mol. The summed E-state index contributed by atoms with van der Waals surface area (Å²) in [6.07, 6.45) is 10.2. The summed E-state index contributed by atoms with van der Waals surface area (Å²) in [6.45, 7) is 14.0. The first kappa shape index (κ1) is 36.2. The SMILES string of the molecule is CCCCCCCCC1(O[Si](C)(C)C)C=CC(=O)C1C(O)/C=C/[C@H](OC(C)=O)[C@@H](COC(C)=O)OC(C)(C)OC. The van der Waals surface area contributed by atoms with Gasteiger partial charge in [0.2, 0.25) is 0 Å². The van der Waals surface area contributed by atoms with Crippen molar-refractivity contribution in [2.24, 2.45) is 5.92 Å². The normalized spacial score (nSPS) is 21.9. The van der Waals surface area contributed by atoms with Gasteiger partial charge < -0.3 is 28.5 Å². The van der Waals surface area contributed by atoms with E-state index in [1.165, 1.54) is 58.4 Å². The molecule has 10 heteroatoms. The molecular formula is C30H52O9Si. The van der Waals surface area contributed by atoms with Crippen LogP contribution in [0.1, 0.15) is 79.6 Å². The number of aliphatic hydroxyl groups excluding tert-OH is 1. The minimum absolute atomic E-state index is 0.210. The molecule has 0 aromatic rings. The van der Waals surface area contributed by atoms with Crippen molar-refractivity contribution in [3.8, 4) is 0 Å². The quantitative estimate of drug-likeness (QED) is 0.0713. The Bertz CT molecular complexity index is 877. The second-order valence-electron chi connectivity index (χ2n) is 11.9. The third-order valence-electron chi connectivity index (χ3n) is 6.67. The molecule has 0 spiro atoms. The van der Waals surface area contributed by atoms with Crippen LogP contribution in [0.15, 0.2) is 24.3 Å².